The molecule has 0 aromatic heterocycles. The molecule has 0 saturated carbocycles. The van der Waals surface area contributed by atoms with Crippen LogP contribution in [0.4, 0.5) is 0 Å². The summed E-state index contributed by atoms with van der Waals surface area (Å²) >= 11 is 0. The molecule has 1 amide bonds. The Labute approximate surface area is 133 Å². The molecule has 0 bridgehead atoms. The summed E-state index contributed by atoms with van der Waals surface area (Å²) < 4.78 is 27.0. The zero-order valence-corrected chi connectivity index (χ0v) is 14.5. The average Bonchev–Trinajstić information content (AvgIpc) is 2.44. The van der Waals surface area contributed by atoms with Gasteiger partial charge in [0.05, 0.1) is 6.26 Å². The monoisotopic (exact) mass is 327 g/mol. The van der Waals surface area contributed by atoms with Crippen LogP contribution in [0.25, 0.3) is 0 Å². The predicted octanol–water partition coefficient (Wildman–Crippen LogP) is 2.95. The lowest BCUT2D eigenvalue weighted by molar-refractivity contribution is -0.134. The molecule has 0 heterocycles. The van der Waals surface area contributed by atoms with Crippen LogP contribution in [-0.4, -0.2) is 31.5 Å². The number of carbonyl (C=O) groups is 1. The van der Waals surface area contributed by atoms with Crippen LogP contribution in [0, 0.1) is 0 Å². The SMILES string of the molecule is CCCC(=O)N(Cc1ccc(OS(C)(=O)=O)cc1)C(C)CC. The van der Waals surface area contributed by atoms with Crippen LogP contribution in [0.5, 0.6) is 5.75 Å². The van der Waals surface area contributed by atoms with Crippen molar-refractivity contribution in [2.45, 2.75) is 52.6 Å². The summed E-state index contributed by atoms with van der Waals surface area (Å²) in [6.45, 7) is 6.60. The van der Waals surface area contributed by atoms with E-state index in [1.54, 1.807) is 24.3 Å². The summed E-state index contributed by atoms with van der Waals surface area (Å²) in [6, 6.07) is 6.96. The molecule has 1 aromatic rings. The highest BCUT2D eigenvalue weighted by Crippen LogP contribution is 2.17. The van der Waals surface area contributed by atoms with E-state index in [-0.39, 0.29) is 17.7 Å². The number of nitrogens with zero attached hydrogens (tertiary/aromatic N) is 1. The van der Waals surface area contributed by atoms with Crippen molar-refractivity contribution in [1.82, 2.24) is 4.90 Å². The minimum Gasteiger partial charge on any atom is -0.383 e. The molecule has 1 aromatic carbocycles. The number of benzene rings is 1. The molecule has 0 aliphatic carbocycles. The molecule has 22 heavy (non-hydrogen) atoms. The molecule has 0 spiro atoms. The van der Waals surface area contributed by atoms with Gasteiger partial charge in [0.25, 0.3) is 0 Å². The van der Waals surface area contributed by atoms with E-state index in [0.717, 1.165) is 24.7 Å². The summed E-state index contributed by atoms with van der Waals surface area (Å²) in [5.41, 5.74) is 0.950. The minimum atomic E-state index is -3.52. The maximum absolute atomic E-state index is 12.2. The molecular formula is C16H25NO4S. The van der Waals surface area contributed by atoms with Crippen LogP contribution in [0.2, 0.25) is 0 Å². The Hall–Kier alpha value is -1.56. The van der Waals surface area contributed by atoms with Crippen molar-refractivity contribution >= 4 is 16.0 Å². The quantitative estimate of drug-likeness (QED) is 0.689. The van der Waals surface area contributed by atoms with Gasteiger partial charge in [-0.3, -0.25) is 4.79 Å². The number of hydrogen-bond acceptors (Lipinski definition) is 4. The molecule has 0 N–H and O–H groups in total. The smallest absolute Gasteiger partial charge is 0.306 e. The van der Waals surface area contributed by atoms with Crippen LogP contribution >= 0.6 is 0 Å². The van der Waals surface area contributed by atoms with Gasteiger partial charge in [0, 0.05) is 19.0 Å². The maximum atomic E-state index is 12.2. The third-order valence-electron chi connectivity index (χ3n) is 3.43. The van der Waals surface area contributed by atoms with E-state index in [9.17, 15) is 13.2 Å². The van der Waals surface area contributed by atoms with Crippen molar-refractivity contribution in [2.24, 2.45) is 0 Å². The van der Waals surface area contributed by atoms with Crippen molar-refractivity contribution in [3.8, 4) is 5.75 Å². The fraction of sp³-hybridized carbons (Fsp3) is 0.562. The van der Waals surface area contributed by atoms with Gasteiger partial charge in [-0.05, 0) is 37.5 Å². The molecule has 0 fully saturated rings. The normalized spacial score (nSPS) is 12.7. The van der Waals surface area contributed by atoms with Crippen LogP contribution < -0.4 is 4.18 Å². The fourth-order valence-electron chi connectivity index (χ4n) is 2.09. The van der Waals surface area contributed by atoms with Crippen LogP contribution in [0.1, 0.15) is 45.6 Å². The molecule has 0 aliphatic heterocycles. The summed E-state index contributed by atoms with van der Waals surface area (Å²) in [6.07, 6.45) is 3.27. The standard InChI is InChI=1S/C16H25NO4S/c1-5-7-16(18)17(13(3)6-2)12-14-8-10-15(11-9-14)21-22(4,19)20/h8-11,13H,5-7,12H2,1-4H3. The molecule has 1 unspecified atom stereocenters. The molecule has 1 rings (SSSR count). The zero-order valence-electron chi connectivity index (χ0n) is 13.7. The highest BCUT2D eigenvalue weighted by molar-refractivity contribution is 7.86. The van der Waals surface area contributed by atoms with E-state index < -0.39 is 10.1 Å². The zero-order chi connectivity index (χ0) is 16.8. The second-order valence-electron chi connectivity index (χ2n) is 5.46. The van der Waals surface area contributed by atoms with Gasteiger partial charge in [-0.2, -0.15) is 8.42 Å². The number of amides is 1. The molecular weight excluding hydrogens is 302 g/mol. The maximum Gasteiger partial charge on any atom is 0.306 e. The van der Waals surface area contributed by atoms with Crippen molar-refractivity contribution in [1.29, 1.82) is 0 Å². The van der Waals surface area contributed by atoms with E-state index in [1.807, 2.05) is 18.7 Å². The molecule has 5 nitrogen and oxygen atoms in total. The van der Waals surface area contributed by atoms with Gasteiger partial charge < -0.3 is 9.08 Å². The van der Waals surface area contributed by atoms with E-state index in [4.69, 9.17) is 4.18 Å². The van der Waals surface area contributed by atoms with Gasteiger partial charge >= 0.3 is 10.1 Å². The van der Waals surface area contributed by atoms with E-state index in [2.05, 4.69) is 6.92 Å². The molecule has 1 atom stereocenters. The third-order valence-corrected chi connectivity index (χ3v) is 3.93. The summed E-state index contributed by atoms with van der Waals surface area (Å²) in [5.74, 6) is 0.425. The summed E-state index contributed by atoms with van der Waals surface area (Å²) in [5, 5.41) is 0. The third kappa shape index (κ3) is 6.05. The topological polar surface area (TPSA) is 63.7 Å². The summed E-state index contributed by atoms with van der Waals surface area (Å²) in [7, 11) is -3.52. The molecule has 124 valence electrons. The van der Waals surface area contributed by atoms with E-state index in [0.29, 0.717) is 13.0 Å². The van der Waals surface area contributed by atoms with E-state index in [1.165, 1.54) is 0 Å². The highest BCUT2D eigenvalue weighted by Gasteiger charge is 2.18. The van der Waals surface area contributed by atoms with Crippen molar-refractivity contribution in [3.05, 3.63) is 29.8 Å². The van der Waals surface area contributed by atoms with Crippen LogP contribution in [-0.2, 0) is 21.5 Å². The van der Waals surface area contributed by atoms with Gasteiger partial charge in [-0.25, -0.2) is 0 Å². The first-order valence-corrected chi connectivity index (χ1v) is 9.36. The lowest BCUT2D eigenvalue weighted by atomic mass is 10.1. The van der Waals surface area contributed by atoms with Gasteiger partial charge in [0.15, 0.2) is 0 Å². The largest absolute Gasteiger partial charge is 0.383 e. The Balaban J connectivity index is 2.83. The average molecular weight is 327 g/mol. The Morgan fingerprint density at radius 3 is 2.27 bits per heavy atom. The summed E-state index contributed by atoms with van der Waals surface area (Å²) in [4.78, 5) is 14.1. The first kappa shape index (κ1) is 18.5. The predicted molar refractivity (Wildman–Crippen MR) is 87.1 cm³/mol. The van der Waals surface area contributed by atoms with Gasteiger partial charge in [0.2, 0.25) is 5.91 Å². The number of rotatable bonds is 8. The lowest BCUT2D eigenvalue weighted by Crippen LogP contribution is -2.37. The van der Waals surface area contributed by atoms with E-state index >= 15 is 0 Å². The van der Waals surface area contributed by atoms with Gasteiger partial charge in [-0.1, -0.05) is 26.0 Å². The molecule has 0 aliphatic rings. The fourth-order valence-corrected chi connectivity index (χ4v) is 2.55. The second kappa shape index (κ2) is 8.17. The Bertz CT molecular complexity index is 581. The molecule has 0 saturated heterocycles. The number of carbonyl (C=O) groups excluding carboxylic acids is 1. The van der Waals surface area contributed by atoms with Crippen LogP contribution in [0.3, 0.4) is 0 Å². The second-order valence-corrected chi connectivity index (χ2v) is 7.04. The van der Waals surface area contributed by atoms with Crippen molar-refractivity contribution in [3.63, 3.8) is 0 Å². The highest BCUT2D eigenvalue weighted by atomic mass is 32.2. The number of hydrogen-bond donors (Lipinski definition) is 0. The van der Waals surface area contributed by atoms with Crippen molar-refractivity contribution in [2.75, 3.05) is 6.26 Å². The first-order chi connectivity index (χ1) is 10.3. The van der Waals surface area contributed by atoms with Crippen molar-refractivity contribution < 1.29 is 17.4 Å². The van der Waals surface area contributed by atoms with Gasteiger partial charge in [0.1, 0.15) is 5.75 Å². The Kier molecular flexibility index (Phi) is 6.87. The van der Waals surface area contributed by atoms with Gasteiger partial charge in [-0.15, -0.1) is 0 Å². The Morgan fingerprint density at radius 1 is 1.23 bits per heavy atom. The lowest BCUT2D eigenvalue weighted by Gasteiger charge is -2.29. The minimum absolute atomic E-state index is 0.147. The Morgan fingerprint density at radius 2 is 1.82 bits per heavy atom. The molecule has 0 radical (unpaired) electrons. The van der Waals surface area contributed by atoms with Crippen LogP contribution in [0.15, 0.2) is 24.3 Å². The first-order valence-electron chi connectivity index (χ1n) is 7.54. The molecule has 6 heteroatoms.